The predicted octanol–water partition coefficient (Wildman–Crippen LogP) is 3.72. The quantitative estimate of drug-likeness (QED) is 0.660. The molecule has 3 rings (SSSR count). The van der Waals surface area contributed by atoms with Crippen LogP contribution in [0, 0.1) is 0 Å². The van der Waals surface area contributed by atoms with Crippen molar-refractivity contribution in [3.05, 3.63) is 69.5 Å². The lowest BCUT2D eigenvalue weighted by atomic mass is 10.1. The van der Waals surface area contributed by atoms with E-state index >= 15 is 0 Å². The van der Waals surface area contributed by atoms with E-state index in [0.29, 0.717) is 28.0 Å². The fraction of sp³-hybridized carbons (Fsp3) is 0.111. The Hall–Kier alpha value is -2.79. The molecule has 24 heavy (non-hydrogen) atoms. The Morgan fingerprint density at radius 1 is 1.12 bits per heavy atom. The van der Waals surface area contributed by atoms with Gasteiger partial charge in [0.25, 0.3) is 0 Å². The highest BCUT2D eigenvalue weighted by atomic mass is 35.5. The van der Waals surface area contributed by atoms with Crippen molar-refractivity contribution in [2.45, 2.75) is 0 Å². The van der Waals surface area contributed by atoms with Crippen LogP contribution in [-0.4, -0.2) is 19.5 Å². The number of Topliss-reactive ketones (excluding diaryl/α,β-unsaturated/α-hetero) is 1. The first-order chi connectivity index (χ1) is 11.6. The fourth-order valence-electron chi connectivity index (χ4n) is 2.18. The molecule has 0 aliphatic carbocycles. The van der Waals surface area contributed by atoms with Crippen LogP contribution in [0.3, 0.4) is 0 Å². The number of methoxy groups -OCH3 is 1. The second-order valence-electron chi connectivity index (χ2n) is 5.01. The number of ether oxygens (including phenoxy) is 2. The van der Waals surface area contributed by atoms with Crippen molar-refractivity contribution in [2.75, 3.05) is 13.7 Å². The summed E-state index contributed by atoms with van der Waals surface area (Å²) < 4.78 is 15.8. The van der Waals surface area contributed by atoms with Crippen molar-refractivity contribution in [2.24, 2.45) is 0 Å². The van der Waals surface area contributed by atoms with E-state index in [1.165, 1.54) is 6.26 Å². The Morgan fingerprint density at radius 3 is 2.54 bits per heavy atom. The minimum absolute atomic E-state index is 0.0193. The zero-order valence-electron chi connectivity index (χ0n) is 12.7. The zero-order chi connectivity index (χ0) is 17.1. The third kappa shape index (κ3) is 3.26. The second kappa shape index (κ2) is 6.76. The highest BCUT2D eigenvalue weighted by Crippen LogP contribution is 2.21. The van der Waals surface area contributed by atoms with Crippen molar-refractivity contribution < 1.29 is 18.7 Å². The highest BCUT2D eigenvalue weighted by Gasteiger charge is 2.09. The lowest BCUT2D eigenvalue weighted by Gasteiger charge is -2.07. The molecule has 2 aromatic carbocycles. The first-order valence-electron chi connectivity index (χ1n) is 7.09. The van der Waals surface area contributed by atoms with Gasteiger partial charge in [0, 0.05) is 11.6 Å². The topological polar surface area (TPSA) is 65.7 Å². The van der Waals surface area contributed by atoms with Gasteiger partial charge in [-0.05, 0) is 36.4 Å². The Balaban J connectivity index is 1.74. The number of carbonyl (C=O) groups is 1. The van der Waals surface area contributed by atoms with Gasteiger partial charge in [-0.3, -0.25) is 9.59 Å². The van der Waals surface area contributed by atoms with Crippen LogP contribution in [0.15, 0.2) is 57.9 Å². The normalized spacial score (nSPS) is 10.6. The highest BCUT2D eigenvalue weighted by molar-refractivity contribution is 6.30. The predicted molar refractivity (Wildman–Crippen MR) is 90.3 cm³/mol. The Kier molecular flexibility index (Phi) is 4.53. The van der Waals surface area contributed by atoms with E-state index in [-0.39, 0.29) is 22.8 Å². The molecule has 1 heterocycles. The number of halogens is 1. The van der Waals surface area contributed by atoms with Crippen molar-refractivity contribution in [3.63, 3.8) is 0 Å². The summed E-state index contributed by atoms with van der Waals surface area (Å²) in [5, 5.41) is 0.377. The molecule has 1 aromatic heterocycles. The van der Waals surface area contributed by atoms with Crippen molar-refractivity contribution in [1.29, 1.82) is 0 Å². The number of hydrogen-bond donors (Lipinski definition) is 0. The summed E-state index contributed by atoms with van der Waals surface area (Å²) in [7, 11) is 1.56. The molecule has 122 valence electrons. The molecule has 0 atom stereocenters. The van der Waals surface area contributed by atoms with Gasteiger partial charge in [0.1, 0.15) is 28.4 Å². The lowest BCUT2D eigenvalue weighted by Crippen LogP contribution is -2.11. The molecule has 0 saturated heterocycles. The van der Waals surface area contributed by atoms with E-state index in [4.69, 9.17) is 25.5 Å². The van der Waals surface area contributed by atoms with E-state index < -0.39 is 0 Å². The van der Waals surface area contributed by atoms with Crippen molar-refractivity contribution >= 4 is 28.4 Å². The standard InChI is InChI=1S/C18H13ClO5/c1-22-12-4-2-11(3-5-12)16(20)10-23-13-6-7-14-17(8-13)24-9-15(19)18(14)21/h2-9H,10H2,1H3. The Morgan fingerprint density at radius 2 is 1.83 bits per heavy atom. The van der Waals surface area contributed by atoms with Crippen LogP contribution in [0.2, 0.25) is 5.02 Å². The summed E-state index contributed by atoms with van der Waals surface area (Å²) in [5.41, 5.74) is 0.562. The fourth-order valence-corrected chi connectivity index (χ4v) is 2.33. The van der Waals surface area contributed by atoms with Crippen LogP contribution in [0.1, 0.15) is 10.4 Å². The molecule has 0 bridgehead atoms. The summed E-state index contributed by atoms with van der Waals surface area (Å²) in [6, 6.07) is 11.5. The molecule has 0 aliphatic heterocycles. The minimum atomic E-state index is -0.307. The molecule has 6 heteroatoms. The third-order valence-corrected chi connectivity index (χ3v) is 3.75. The maximum atomic E-state index is 12.1. The molecular formula is C18H13ClO5. The third-order valence-electron chi connectivity index (χ3n) is 3.49. The van der Waals surface area contributed by atoms with E-state index in [9.17, 15) is 9.59 Å². The molecule has 0 spiro atoms. The zero-order valence-corrected chi connectivity index (χ0v) is 13.5. The Labute approximate surface area is 142 Å². The number of hydrogen-bond acceptors (Lipinski definition) is 5. The van der Waals surface area contributed by atoms with Gasteiger partial charge in [-0.1, -0.05) is 11.6 Å². The molecule has 0 radical (unpaired) electrons. The van der Waals surface area contributed by atoms with Crippen LogP contribution in [0.25, 0.3) is 11.0 Å². The van der Waals surface area contributed by atoms with Gasteiger partial charge in [0.05, 0.1) is 12.5 Å². The summed E-state index contributed by atoms with van der Waals surface area (Å²) >= 11 is 5.73. The number of fused-ring (bicyclic) bond motifs is 1. The average molecular weight is 345 g/mol. The number of carbonyl (C=O) groups excluding carboxylic acids is 1. The van der Waals surface area contributed by atoms with Crippen LogP contribution < -0.4 is 14.9 Å². The number of rotatable bonds is 5. The number of benzene rings is 2. The SMILES string of the molecule is COc1ccc(C(=O)COc2ccc3c(=O)c(Cl)coc3c2)cc1. The number of ketones is 1. The van der Waals surface area contributed by atoms with E-state index in [1.807, 2.05) is 0 Å². The van der Waals surface area contributed by atoms with Crippen LogP contribution in [-0.2, 0) is 0 Å². The van der Waals surface area contributed by atoms with Crippen LogP contribution >= 0.6 is 11.6 Å². The molecule has 0 amide bonds. The molecular weight excluding hydrogens is 332 g/mol. The van der Waals surface area contributed by atoms with Gasteiger partial charge < -0.3 is 13.9 Å². The first kappa shape index (κ1) is 16.1. The monoisotopic (exact) mass is 344 g/mol. The maximum absolute atomic E-state index is 12.1. The summed E-state index contributed by atoms with van der Waals surface area (Å²) in [6.07, 6.45) is 1.18. The maximum Gasteiger partial charge on any atom is 0.211 e. The first-order valence-corrected chi connectivity index (χ1v) is 7.47. The van der Waals surface area contributed by atoms with Gasteiger partial charge >= 0.3 is 0 Å². The summed E-state index contributed by atoms with van der Waals surface area (Å²) in [5.74, 6) is 0.931. The molecule has 0 aliphatic rings. The smallest absolute Gasteiger partial charge is 0.211 e. The molecule has 5 nitrogen and oxygen atoms in total. The minimum Gasteiger partial charge on any atom is -0.497 e. The van der Waals surface area contributed by atoms with E-state index in [0.717, 1.165) is 0 Å². The summed E-state index contributed by atoms with van der Waals surface area (Å²) in [4.78, 5) is 24.0. The van der Waals surface area contributed by atoms with Gasteiger partial charge in [-0.15, -0.1) is 0 Å². The van der Waals surface area contributed by atoms with E-state index in [2.05, 4.69) is 0 Å². The molecule has 0 unspecified atom stereocenters. The van der Waals surface area contributed by atoms with Crippen LogP contribution in [0.5, 0.6) is 11.5 Å². The van der Waals surface area contributed by atoms with Gasteiger partial charge in [-0.2, -0.15) is 0 Å². The molecule has 0 fully saturated rings. The Bertz CT molecular complexity index is 944. The average Bonchev–Trinajstić information content (AvgIpc) is 2.63. The molecule has 0 N–H and O–H groups in total. The van der Waals surface area contributed by atoms with Gasteiger partial charge in [0.2, 0.25) is 5.43 Å². The second-order valence-corrected chi connectivity index (χ2v) is 5.42. The van der Waals surface area contributed by atoms with Crippen LogP contribution in [0.4, 0.5) is 0 Å². The van der Waals surface area contributed by atoms with Crippen molar-refractivity contribution in [1.82, 2.24) is 0 Å². The largest absolute Gasteiger partial charge is 0.497 e. The van der Waals surface area contributed by atoms with Gasteiger partial charge in [0.15, 0.2) is 12.4 Å². The van der Waals surface area contributed by atoms with E-state index in [1.54, 1.807) is 49.6 Å². The van der Waals surface area contributed by atoms with Crippen molar-refractivity contribution in [3.8, 4) is 11.5 Å². The molecule has 0 saturated carbocycles. The molecule has 3 aromatic rings. The summed E-state index contributed by atoms with van der Waals surface area (Å²) in [6.45, 7) is -0.129. The van der Waals surface area contributed by atoms with Gasteiger partial charge in [-0.25, -0.2) is 0 Å². The lowest BCUT2D eigenvalue weighted by molar-refractivity contribution is 0.0921.